The fourth-order valence-corrected chi connectivity index (χ4v) is 3.94. The van der Waals surface area contributed by atoms with E-state index in [4.69, 9.17) is 4.74 Å². The van der Waals surface area contributed by atoms with Gasteiger partial charge in [-0.15, -0.1) is 24.8 Å². The number of carbonyl (C=O) groups excluding carboxylic acids is 1. The van der Waals surface area contributed by atoms with Crippen LogP contribution in [0.4, 0.5) is 0 Å². The minimum Gasteiger partial charge on any atom is -0.496 e. The van der Waals surface area contributed by atoms with Crippen molar-refractivity contribution in [2.24, 2.45) is 0 Å². The number of aryl methyl sites for hydroxylation is 2. The number of imidazole rings is 1. The number of piperazine rings is 1. The maximum Gasteiger partial charge on any atom is 0.223 e. The highest BCUT2D eigenvalue weighted by atomic mass is 35.5. The average Bonchev–Trinajstić information content (AvgIpc) is 3.16. The molecule has 1 unspecified atom stereocenters. The highest BCUT2D eigenvalue weighted by Gasteiger charge is 2.29. The van der Waals surface area contributed by atoms with E-state index in [0.29, 0.717) is 19.4 Å². The van der Waals surface area contributed by atoms with Crippen LogP contribution < -0.4 is 10.1 Å². The minimum atomic E-state index is -0.0182. The number of para-hydroxylation sites is 2. The van der Waals surface area contributed by atoms with Gasteiger partial charge in [0, 0.05) is 38.0 Å². The van der Waals surface area contributed by atoms with Crippen LogP contribution in [0.25, 0.3) is 11.0 Å². The molecular weight excluding hydrogens is 423 g/mol. The molecule has 1 amide bonds. The van der Waals surface area contributed by atoms with Gasteiger partial charge in [0.1, 0.15) is 11.6 Å². The Morgan fingerprint density at radius 3 is 2.77 bits per heavy atom. The van der Waals surface area contributed by atoms with E-state index in [-0.39, 0.29) is 36.8 Å². The molecule has 1 fully saturated rings. The molecule has 1 atom stereocenters. The van der Waals surface area contributed by atoms with Crippen molar-refractivity contribution in [2.45, 2.75) is 25.8 Å². The van der Waals surface area contributed by atoms with Crippen LogP contribution in [0.3, 0.4) is 0 Å². The number of carbonyl (C=O) groups is 1. The van der Waals surface area contributed by atoms with E-state index in [9.17, 15) is 4.79 Å². The number of rotatable bonds is 5. The Morgan fingerprint density at radius 2 is 2.00 bits per heavy atom. The number of halogens is 2. The van der Waals surface area contributed by atoms with E-state index in [1.54, 1.807) is 7.11 Å². The first kappa shape index (κ1) is 24.0. The summed E-state index contributed by atoms with van der Waals surface area (Å²) in [6.45, 7) is 4.29. The van der Waals surface area contributed by atoms with Crippen LogP contribution in [0, 0.1) is 6.92 Å². The molecule has 8 heteroatoms. The predicted molar refractivity (Wildman–Crippen MR) is 124 cm³/mol. The molecular formula is C22H28Cl2N4O2. The lowest BCUT2D eigenvalue weighted by Gasteiger charge is -2.37. The molecule has 2 heterocycles. The number of benzene rings is 2. The topological polar surface area (TPSA) is 70.2 Å². The molecule has 0 radical (unpaired) electrons. The third kappa shape index (κ3) is 4.89. The van der Waals surface area contributed by atoms with E-state index in [2.05, 4.69) is 28.3 Å². The van der Waals surface area contributed by atoms with Gasteiger partial charge in [-0.1, -0.05) is 30.3 Å². The van der Waals surface area contributed by atoms with Gasteiger partial charge in [-0.25, -0.2) is 4.98 Å². The maximum atomic E-state index is 13.1. The number of methoxy groups -OCH3 is 1. The van der Waals surface area contributed by atoms with Gasteiger partial charge in [0.15, 0.2) is 0 Å². The van der Waals surface area contributed by atoms with E-state index >= 15 is 0 Å². The summed E-state index contributed by atoms with van der Waals surface area (Å²) in [6, 6.07) is 14.0. The monoisotopic (exact) mass is 450 g/mol. The number of aromatic nitrogens is 2. The Bertz CT molecular complexity index is 992. The van der Waals surface area contributed by atoms with Gasteiger partial charge in [0.2, 0.25) is 5.91 Å². The lowest BCUT2D eigenvalue weighted by Crippen LogP contribution is -2.48. The van der Waals surface area contributed by atoms with Crippen molar-refractivity contribution in [3.05, 3.63) is 59.4 Å². The van der Waals surface area contributed by atoms with E-state index in [0.717, 1.165) is 46.8 Å². The first-order valence-corrected chi connectivity index (χ1v) is 9.74. The first-order chi connectivity index (χ1) is 13.7. The highest BCUT2D eigenvalue weighted by molar-refractivity contribution is 5.85. The van der Waals surface area contributed by atoms with Crippen molar-refractivity contribution in [2.75, 3.05) is 26.7 Å². The Labute approximate surface area is 189 Å². The summed E-state index contributed by atoms with van der Waals surface area (Å²) in [7, 11) is 1.67. The number of aromatic amines is 1. The summed E-state index contributed by atoms with van der Waals surface area (Å²) in [4.78, 5) is 23.0. The van der Waals surface area contributed by atoms with Gasteiger partial charge in [0.25, 0.3) is 0 Å². The molecule has 162 valence electrons. The quantitative estimate of drug-likeness (QED) is 0.619. The zero-order valence-corrected chi connectivity index (χ0v) is 18.8. The van der Waals surface area contributed by atoms with Crippen LogP contribution in [0.15, 0.2) is 42.5 Å². The number of hydrogen-bond donors (Lipinski definition) is 2. The first-order valence-electron chi connectivity index (χ1n) is 9.74. The Kier molecular flexibility index (Phi) is 8.53. The van der Waals surface area contributed by atoms with Gasteiger partial charge in [-0.05, 0) is 24.6 Å². The SMILES string of the molecule is COc1ccccc1C1CNCCN1C(=O)CCc1nc2c(C)cccc2[nH]1.Cl.Cl. The molecule has 6 nitrogen and oxygen atoms in total. The molecule has 0 aliphatic carbocycles. The number of ether oxygens (including phenoxy) is 1. The van der Waals surface area contributed by atoms with Gasteiger partial charge < -0.3 is 19.9 Å². The number of nitrogens with zero attached hydrogens (tertiary/aromatic N) is 2. The minimum absolute atomic E-state index is 0. The highest BCUT2D eigenvalue weighted by Crippen LogP contribution is 2.30. The standard InChI is InChI=1S/C22H26N4O2.2ClH/c1-15-6-5-8-17-22(15)25-20(24-17)10-11-21(27)26-13-12-23-14-18(26)16-7-3-4-9-19(16)28-2;;/h3-9,18,23H,10-14H2,1-2H3,(H,24,25);2*1H. The van der Waals surface area contributed by atoms with Crippen LogP contribution in [0.5, 0.6) is 5.75 Å². The van der Waals surface area contributed by atoms with Gasteiger partial charge in [-0.2, -0.15) is 0 Å². The van der Waals surface area contributed by atoms with Crippen molar-refractivity contribution in [3.63, 3.8) is 0 Å². The third-order valence-electron chi connectivity index (χ3n) is 5.40. The van der Waals surface area contributed by atoms with Crippen molar-refractivity contribution in [1.82, 2.24) is 20.2 Å². The van der Waals surface area contributed by atoms with Gasteiger partial charge in [-0.3, -0.25) is 4.79 Å². The molecule has 1 aliphatic rings. The zero-order valence-electron chi connectivity index (χ0n) is 17.2. The Hall–Kier alpha value is -2.28. The second-order valence-electron chi connectivity index (χ2n) is 7.20. The van der Waals surface area contributed by atoms with Crippen LogP contribution in [-0.2, 0) is 11.2 Å². The number of H-pyrrole nitrogens is 1. The molecule has 0 saturated carbocycles. The molecule has 0 bridgehead atoms. The van der Waals surface area contributed by atoms with Crippen molar-refractivity contribution < 1.29 is 9.53 Å². The molecule has 0 spiro atoms. The smallest absolute Gasteiger partial charge is 0.223 e. The van der Waals surface area contributed by atoms with E-state index in [1.807, 2.05) is 41.3 Å². The third-order valence-corrected chi connectivity index (χ3v) is 5.40. The molecule has 30 heavy (non-hydrogen) atoms. The molecule has 1 aromatic heterocycles. The van der Waals surface area contributed by atoms with Crippen molar-refractivity contribution >= 4 is 41.8 Å². The van der Waals surface area contributed by atoms with Gasteiger partial charge >= 0.3 is 0 Å². The lowest BCUT2D eigenvalue weighted by atomic mass is 10.0. The second-order valence-corrected chi connectivity index (χ2v) is 7.20. The molecule has 3 aromatic rings. The van der Waals surface area contributed by atoms with Crippen LogP contribution in [0.1, 0.15) is 29.4 Å². The number of fused-ring (bicyclic) bond motifs is 1. The Morgan fingerprint density at radius 1 is 1.20 bits per heavy atom. The Balaban J connectivity index is 0.00000160. The lowest BCUT2D eigenvalue weighted by molar-refractivity contribution is -0.134. The zero-order chi connectivity index (χ0) is 19.5. The fourth-order valence-electron chi connectivity index (χ4n) is 3.94. The average molecular weight is 451 g/mol. The predicted octanol–water partition coefficient (Wildman–Crippen LogP) is 3.83. The van der Waals surface area contributed by atoms with Gasteiger partial charge in [0.05, 0.1) is 24.2 Å². The summed E-state index contributed by atoms with van der Waals surface area (Å²) in [6.07, 6.45) is 1.04. The number of amides is 1. The normalized spacial score (nSPS) is 15.9. The number of hydrogen-bond acceptors (Lipinski definition) is 4. The van der Waals surface area contributed by atoms with E-state index < -0.39 is 0 Å². The molecule has 1 aliphatic heterocycles. The molecule has 2 N–H and O–H groups in total. The number of nitrogens with one attached hydrogen (secondary N) is 2. The molecule has 2 aromatic carbocycles. The second kappa shape index (κ2) is 10.7. The van der Waals surface area contributed by atoms with Crippen LogP contribution >= 0.6 is 24.8 Å². The summed E-state index contributed by atoms with van der Waals surface area (Å²) in [5, 5.41) is 3.40. The summed E-state index contributed by atoms with van der Waals surface area (Å²) in [5.74, 6) is 1.83. The molecule has 1 saturated heterocycles. The van der Waals surface area contributed by atoms with Crippen molar-refractivity contribution in [1.29, 1.82) is 0 Å². The summed E-state index contributed by atoms with van der Waals surface area (Å²) < 4.78 is 5.52. The van der Waals surface area contributed by atoms with Crippen molar-refractivity contribution in [3.8, 4) is 5.75 Å². The maximum absolute atomic E-state index is 13.1. The fraction of sp³-hybridized carbons (Fsp3) is 0.364. The summed E-state index contributed by atoms with van der Waals surface area (Å²) >= 11 is 0. The summed E-state index contributed by atoms with van der Waals surface area (Å²) in [5.41, 5.74) is 4.20. The van der Waals surface area contributed by atoms with Crippen LogP contribution in [-0.4, -0.2) is 47.5 Å². The van der Waals surface area contributed by atoms with Crippen LogP contribution in [0.2, 0.25) is 0 Å². The molecule has 4 rings (SSSR count). The van der Waals surface area contributed by atoms with E-state index in [1.165, 1.54) is 0 Å². The largest absolute Gasteiger partial charge is 0.496 e.